The molecule has 0 aromatic heterocycles. The van der Waals surface area contributed by atoms with E-state index in [1.807, 2.05) is 0 Å². The third kappa shape index (κ3) is 4.82. The van der Waals surface area contributed by atoms with Crippen LogP contribution in [0.4, 0.5) is 0 Å². The first-order valence-corrected chi connectivity index (χ1v) is 2.32. The van der Waals surface area contributed by atoms with Crippen molar-refractivity contribution in [3.63, 3.8) is 0 Å². The van der Waals surface area contributed by atoms with Crippen LogP contribution in [0.1, 0.15) is 12.8 Å². The van der Waals surface area contributed by atoms with E-state index in [1.54, 1.807) is 0 Å². The molecule has 3 heteroatoms. The summed E-state index contributed by atoms with van der Waals surface area (Å²) in [4.78, 5) is 0. The van der Waals surface area contributed by atoms with Gasteiger partial charge < -0.3 is 6.15 Å². The third-order valence-electron chi connectivity index (χ3n) is 0.622. The van der Waals surface area contributed by atoms with Crippen LogP contribution in [-0.2, 0) is 0 Å². The normalized spacial score (nSPS) is 17.5. The molecule has 1 aliphatic carbocycles. The van der Waals surface area contributed by atoms with Gasteiger partial charge in [0.15, 0.2) is 0 Å². The highest BCUT2D eigenvalue weighted by molar-refractivity contribution is 7.18. The standard InChI is InChI=1S/C3H7P.H3N.H3P/c4-3-1-2-3;;/h3H,1-2,4H2;2*1H3. The van der Waals surface area contributed by atoms with Crippen molar-refractivity contribution in [2.24, 2.45) is 0 Å². The van der Waals surface area contributed by atoms with Crippen LogP contribution in [0.25, 0.3) is 0 Å². The van der Waals surface area contributed by atoms with Crippen LogP contribution in [0.2, 0.25) is 0 Å². The van der Waals surface area contributed by atoms with Crippen molar-refractivity contribution < 1.29 is 0 Å². The number of rotatable bonds is 0. The van der Waals surface area contributed by atoms with Gasteiger partial charge in [-0.15, -0.1) is 9.24 Å². The molecule has 0 aromatic rings. The van der Waals surface area contributed by atoms with E-state index in [0.717, 1.165) is 5.66 Å². The molecular formula is C3H13NP2. The summed E-state index contributed by atoms with van der Waals surface area (Å²) >= 11 is 0. The molecule has 40 valence electrons. The minimum Gasteiger partial charge on any atom is -0.344 e. The van der Waals surface area contributed by atoms with Gasteiger partial charge in [-0.3, -0.25) is 0 Å². The van der Waals surface area contributed by atoms with E-state index in [4.69, 9.17) is 0 Å². The first-order chi connectivity index (χ1) is 1.89. The second-order valence-electron chi connectivity index (χ2n) is 1.34. The van der Waals surface area contributed by atoms with Crippen LogP contribution in [0.15, 0.2) is 0 Å². The monoisotopic (exact) mass is 125 g/mol. The molecule has 0 saturated heterocycles. The van der Waals surface area contributed by atoms with Crippen molar-refractivity contribution in [3.8, 4) is 0 Å². The summed E-state index contributed by atoms with van der Waals surface area (Å²) in [6.07, 6.45) is 2.90. The molecule has 2 atom stereocenters. The Hall–Kier alpha value is 0.820. The second kappa shape index (κ2) is 3.99. The van der Waals surface area contributed by atoms with Crippen LogP contribution < -0.4 is 6.15 Å². The minimum atomic E-state index is 0. The topological polar surface area (TPSA) is 35.0 Å². The highest BCUT2D eigenvalue weighted by atomic mass is 31.0. The molecule has 0 heterocycles. The van der Waals surface area contributed by atoms with Gasteiger partial charge in [-0.1, -0.05) is 0 Å². The second-order valence-corrected chi connectivity index (χ2v) is 2.28. The maximum Gasteiger partial charge on any atom is -0.0264 e. The van der Waals surface area contributed by atoms with E-state index < -0.39 is 0 Å². The van der Waals surface area contributed by atoms with Crippen molar-refractivity contribution in [1.82, 2.24) is 6.15 Å². The summed E-state index contributed by atoms with van der Waals surface area (Å²) in [5.41, 5.74) is 1.00. The van der Waals surface area contributed by atoms with Crippen molar-refractivity contribution in [1.29, 1.82) is 0 Å². The van der Waals surface area contributed by atoms with Crippen molar-refractivity contribution >= 4 is 19.1 Å². The summed E-state index contributed by atoms with van der Waals surface area (Å²) < 4.78 is 0. The Morgan fingerprint density at radius 1 is 1.33 bits per heavy atom. The molecule has 6 heavy (non-hydrogen) atoms. The lowest BCUT2D eigenvalue weighted by Gasteiger charge is -1.54. The zero-order valence-electron chi connectivity index (χ0n) is 3.98. The van der Waals surface area contributed by atoms with Crippen LogP contribution >= 0.6 is 19.1 Å². The van der Waals surface area contributed by atoms with E-state index in [0.29, 0.717) is 0 Å². The first-order valence-electron chi connectivity index (χ1n) is 1.65. The lowest BCUT2D eigenvalue weighted by atomic mass is 11.0. The largest absolute Gasteiger partial charge is 0.344 e. The van der Waals surface area contributed by atoms with Gasteiger partial charge in [-0.2, -0.15) is 9.90 Å². The van der Waals surface area contributed by atoms with Crippen LogP contribution in [0.3, 0.4) is 0 Å². The average Bonchev–Trinajstić information content (AvgIpc) is 1.75. The molecule has 2 unspecified atom stereocenters. The highest BCUT2D eigenvalue weighted by Crippen LogP contribution is 2.27. The van der Waals surface area contributed by atoms with E-state index in [2.05, 4.69) is 9.24 Å². The lowest BCUT2D eigenvalue weighted by molar-refractivity contribution is 1.50. The van der Waals surface area contributed by atoms with Crippen LogP contribution in [-0.4, -0.2) is 5.66 Å². The zero-order chi connectivity index (χ0) is 2.99. The van der Waals surface area contributed by atoms with Gasteiger partial charge in [0, 0.05) is 0 Å². The zero-order valence-corrected chi connectivity index (χ0v) is 6.55. The maximum atomic E-state index is 2.77. The molecule has 0 bridgehead atoms. The quantitative estimate of drug-likeness (QED) is 0.485. The molecule has 1 fully saturated rings. The molecule has 0 spiro atoms. The fourth-order valence-electron chi connectivity index (χ4n) is 0.0962. The fraction of sp³-hybridized carbons (Fsp3) is 1.00. The Bertz CT molecular complexity index is 28.0. The van der Waals surface area contributed by atoms with Gasteiger partial charge in [-0.25, -0.2) is 0 Å². The minimum absolute atomic E-state index is 0. The third-order valence-corrected chi connectivity index (χ3v) is 1.29. The molecule has 0 aliphatic heterocycles. The SMILES string of the molecule is N.P.PC1CC1. The number of hydrogen-bond acceptors (Lipinski definition) is 1. The predicted molar refractivity (Wildman–Crippen MR) is 38.9 cm³/mol. The molecule has 3 N–H and O–H groups in total. The summed E-state index contributed by atoms with van der Waals surface area (Å²) in [5.74, 6) is 0. The lowest BCUT2D eigenvalue weighted by Crippen LogP contribution is -1.42. The van der Waals surface area contributed by atoms with E-state index in [1.165, 1.54) is 12.8 Å². The van der Waals surface area contributed by atoms with Gasteiger partial charge in [-0.05, 0) is 18.5 Å². The Labute approximate surface area is 44.7 Å². The van der Waals surface area contributed by atoms with Gasteiger partial charge in [0.1, 0.15) is 0 Å². The molecule has 1 rings (SSSR count). The molecule has 0 radical (unpaired) electrons. The molecule has 1 aliphatic rings. The predicted octanol–water partition coefficient (Wildman–Crippen LogP) is 1.24. The summed E-state index contributed by atoms with van der Waals surface area (Å²) in [6, 6.07) is 0. The van der Waals surface area contributed by atoms with Crippen LogP contribution in [0.5, 0.6) is 0 Å². The first kappa shape index (κ1) is 9.94. The molecule has 1 saturated carbocycles. The van der Waals surface area contributed by atoms with E-state index in [-0.39, 0.29) is 16.0 Å². The fourth-order valence-corrected chi connectivity index (χ4v) is 0.289. The summed E-state index contributed by atoms with van der Waals surface area (Å²) in [6.45, 7) is 0. The van der Waals surface area contributed by atoms with Gasteiger partial charge in [0.05, 0.1) is 0 Å². The van der Waals surface area contributed by atoms with Gasteiger partial charge in [0.2, 0.25) is 0 Å². The smallest absolute Gasteiger partial charge is 0.0264 e. The highest BCUT2D eigenvalue weighted by Gasteiger charge is 2.13. The molecular weight excluding hydrogens is 112 g/mol. The molecule has 0 amide bonds. The Balaban J connectivity index is 0. The van der Waals surface area contributed by atoms with E-state index in [9.17, 15) is 0 Å². The molecule has 1 nitrogen and oxygen atoms in total. The van der Waals surface area contributed by atoms with Crippen molar-refractivity contribution in [2.75, 3.05) is 0 Å². The number of hydrogen-bond donors (Lipinski definition) is 1. The summed E-state index contributed by atoms with van der Waals surface area (Å²) in [7, 11) is 2.77. The van der Waals surface area contributed by atoms with E-state index >= 15 is 0 Å². The van der Waals surface area contributed by atoms with Crippen molar-refractivity contribution in [2.45, 2.75) is 18.5 Å². The Kier molecular flexibility index (Phi) is 6.62. The van der Waals surface area contributed by atoms with Gasteiger partial charge >= 0.3 is 0 Å². The van der Waals surface area contributed by atoms with Gasteiger partial charge in [0.25, 0.3) is 0 Å². The Morgan fingerprint density at radius 3 is 1.50 bits per heavy atom. The summed E-state index contributed by atoms with van der Waals surface area (Å²) in [5, 5.41) is 0. The van der Waals surface area contributed by atoms with Crippen LogP contribution in [0, 0.1) is 0 Å². The molecule has 0 aromatic carbocycles. The maximum absolute atomic E-state index is 2.77. The van der Waals surface area contributed by atoms with Crippen molar-refractivity contribution in [3.05, 3.63) is 0 Å². The Morgan fingerprint density at radius 2 is 1.50 bits per heavy atom. The average molecular weight is 125 g/mol.